The van der Waals surface area contributed by atoms with E-state index in [1.165, 1.54) is 0 Å². The third-order valence-electron chi connectivity index (χ3n) is 17.9. The molecule has 106 heavy (non-hydrogen) atoms. The highest BCUT2D eigenvalue weighted by Crippen LogP contribution is 2.38. The molecular formula is C81H99N13O12. The number of para-hydroxylation sites is 3. The first-order chi connectivity index (χ1) is 50.2. The van der Waals surface area contributed by atoms with Crippen molar-refractivity contribution in [1.29, 1.82) is 0 Å². The van der Waals surface area contributed by atoms with E-state index in [1.807, 2.05) is 77.7 Å². The van der Waals surface area contributed by atoms with E-state index in [0.29, 0.717) is 89.3 Å². The van der Waals surface area contributed by atoms with Crippen molar-refractivity contribution in [1.82, 2.24) is 30.9 Å². The molecule has 25 heteroatoms. The van der Waals surface area contributed by atoms with E-state index in [9.17, 15) is 43.2 Å². The number of anilines is 6. The second-order valence-corrected chi connectivity index (χ2v) is 29.8. The number of aromatic nitrogens is 3. The first-order valence-electron chi connectivity index (χ1n) is 35.8. The van der Waals surface area contributed by atoms with Crippen LogP contribution in [0, 0.1) is 0 Å². The van der Waals surface area contributed by atoms with E-state index < -0.39 is 86.8 Å². The lowest BCUT2D eigenvalue weighted by Crippen LogP contribution is -2.58. The molecule has 0 aliphatic carbocycles. The molecular weight excluding hydrogens is 1350 g/mol. The van der Waals surface area contributed by atoms with Gasteiger partial charge in [0, 0.05) is 124 Å². The summed E-state index contributed by atoms with van der Waals surface area (Å²) in [5.74, 6) is -3.79. The zero-order chi connectivity index (χ0) is 76.6. The van der Waals surface area contributed by atoms with Gasteiger partial charge in [-0.2, -0.15) is 0 Å². The minimum absolute atomic E-state index is 0.0554. The summed E-state index contributed by atoms with van der Waals surface area (Å²) in [6, 6.07) is 42.9. The van der Waals surface area contributed by atoms with Gasteiger partial charge >= 0.3 is 18.3 Å². The van der Waals surface area contributed by atoms with Crippen LogP contribution in [0.3, 0.4) is 0 Å². The van der Waals surface area contributed by atoms with Crippen molar-refractivity contribution >= 4 is 120 Å². The van der Waals surface area contributed by atoms with Gasteiger partial charge in [0.05, 0.1) is 0 Å². The van der Waals surface area contributed by atoms with Crippen LogP contribution in [0.25, 0.3) is 32.7 Å². The maximum atomic E-state index is 14.7. The fourth-order valence-corrected chi connectivity index (χ4v) is 12.3. The van der Waals surface area contributed by atoms with Crippen molar-refractivity contribution in [3.63, 3.8) is 0 Å². The Morgan fingerprint density at radius 1 is 0.349 bits per heavy atom. The Hall–Kier alpha value is -11.2. The number of carbonyl (C=O) groups is 9. The molecule has 560 valence electrons. The minimum Gasteiger partial charge on any atom is -0.444 e. The van der Waals surface area contributed by atoms with Crippen LogP contribution in [0.5, 0.6) is 0 Å². The number of nitrogens with two attached hydrogens (primary N) is 3. The standard InChI is InChI=1S/C81H99N13O12/c1-76(2,3)104-73(101)85-43-19-16-40-79(82,67(95)46-52-49-88-64-25-13-10-22-61(52)64)70(98)91-55-28-34-58(35-29-55)94(59-36-30-56(31-37-59)92-71(99)80(83,41-17-20-44-86-74(102)105-77(4,5)6)68(96)47-53-50-89-65-26-14-11-23-62(53)65)60-38-32-57(33-39-60)93-72(100)81(84,42-18-21-45-87-75(103)106-78(7,8)9)69(97)48-54-51-90-66-27-15-12-24-63(54)66/h10-15,22-39,49-51,88-90H,16-21,40-48,82-84H2,1-9H3,(H,85,101)(H,86,102)(H,87,103)(H,91,98)(H,92,99)(H,93,100)/t79-,80-,81-/m0/s1. The molecule has 3 aromatic heterocycles. The molecule has 3 heterocycles. The fraction of sp³-hybridized carbons (Fsp3) is 0.370. The third-order valence-corrected chi connectivity index (χ3v) is 17.9. The summed E-state index contributed by atoms with van der Waals surface area (Å²) in [5, 5.41) is 19.3. The number of ether oxygens (including phenoxy) is 3. The van der Waals surface area contributed by atoms with Gasteiger partial charge in [0.25, 0.3) is 17.7 Å². The zero-order valence-corrected chi connectivity index (χ0v) is 61.8. The van der Waals surface area contributed by atoms with Gasteiger partial charge in [-0.1, -0.05) is 54.6 Å². The number of aromatic amines is 3. The number of amides is 6. The highest BCUT2D eigenvalue weighted by atomic mass is 16.6. The van der Waals surface area contributed by atoms with Crippen molar-refractivity contribution in [3.8, 4) is 0 Å². The molecule has 9 aromatic rings. The number of alkyl carbamates (subject to hydrolysis) is 3. The average Bonchev–Trinajstić information content (AvgIpc) is 1.44. The van der Waals surface area contributed by atoms with Gasteiger partial charge in [0.2, 0.25) is 0 Å². The number of Topliss-reactive ketones (excluding diaryl/α,β-unsaturated/α-hetero) is 3. The quantitative estimate of drug-likeness (QED) is 0.0103. The number of rotatable bonds is 33. The number of ketones is 3. The van der Waals surface area contributed by atoms with E-state index in [-0.39, 0.29) is 58.2 Å². The number of carbonyl (C=O) groups excluding carboxylic acids is 9. The number of nitrogens with one attached hydrogen (secondary N) is 9. The predicted molar refractivity (Wildman–Crippen MR) is 413 cm³/mol. The molecule has 0 fully saturated rings. The first-order valence-corrected chi connectivity index (χ1v) is 35.8. The minimum atomic E-state index is -2.02. The Morgan fingerprint density at radius 2 is 0.594 bits per heavy atom. The van der Waals surface area contributed by atoms with Gasteiger partial charge in [0.15, 0.2) is 34.0 Å². The van der Waals surface area contributed by atoms with E-state index >= 15 is 0 Å². The number of hydrogen-bond acceptors (Lipinski definition) is 16. The van der Waals surface area contributed by atoms with Crippen LogP contribution >= 0.6 is 0 Å². The summed E-state index contributed by atoms with van der Waals surface area (Å²) < 4.78 is 16.2. The molecule has 0 saturated heterocycles. The van der Waals surface area contributed by atoms with Crippen molar-refractivity contribution in [2.24, 2.45) is 17.2 Å². The molecule has 0 aliphatic heterocycles. The van der Waals surface area contributed by atoms with Crippen LogP contribution in [-0.4, -0.2) is 121 Å². The molecule has 6 amide bonds. The Kier molecular flexibility index (Phi) is 25.5. The number of hydrogen-bond donors (Lipinski definition) is 12. The summed E-state index contributed by atoms with van der Waals surface area (Å²) in [6.07, 6.45) is 4.80. The van der Waals surface area contributed by atoms with Gasteiger partial charge in [0.1, 0.15) is 16.8 Å². The largest absolute Gasteiger partial charge is 0.444 e. The number of nitrogens with zero attached hydrogens (tertiary/aromatic N) is 1. The van der Waals surface area contributed by atoms with Crippen LogP contribution < -0.4 is 54.0 Å². The highest BCUT2D eigenvalue weighted by molar-refractivity contribution is 6.18. The van der Waals surface area contributed by atoms with Gasteiger partial charge in [-0.3, -0.25) is 28.8 Å². The molecule has 3 atom stereocenters. The number of benzene rings is 6. The average molecular weight is 1450 g/mol. The van der Waals surface area contributed by atoms with Crippen LogP contribution in [0.1, 0.15) is 137 Å². The lowest BCUT2D eigenvalue weighted by Gasteiger charge is -2.29. The Labute approximate surface area is 616 Å². The van der Waals surface area contributed by atoms with Crippen molar-refractivity contribution < 1.29 is 57.4 Å². The van der Waals surface area contributed by atoms with Crippen LogP contribution in [0.4, 0.5) is 48.5 Å². The lowest BCUT2D eigenvalue weighted by atomic mass is 9.84. The molecule has 0 saturated carbocycles. The molecule has 9 rings (SSSR count). The Morgan fingerprint density at radius 3 is 0.840 bits per heavy atom. The molecule has 25 nitrogen and oxygen atoms in total. The van der Waals surface area contributed by atoms with E-state index in [1.54, 1.807) is 154 Å². The second kappa shape index (κ2) is 34.2. The summed E-state index contributed by atoms with van der Waals surface area (Å²) >= 11 is 0. The number of unbranched alkanes of at least 4 members (excludes halogenated alkanes) is 3. The molecule has 6 aromatic carbocycles. The monoisotopic (exact) mass is 1450 g/mol. The molecule has 0 bridgehead atoms. The van der Waals surface area contributed by atoms with Gasteiger partial charge in [-0.05, 0) is 228 Å². The van der Waals surface area contributed by atoms with E-state index in [2.05, 4.69) is 46.9 Å². The summed E-state index contributed by atoms with van der Waals surface area (Å²) in [4.78, 5) is 136. The summed E-state index contributed by atoms with van der Waals surface area (Å²) in [5.41, 5.74) is 19.8. The van der Waals surface area contributed by atoms with Gasteiger partial charge in [-0.15, -0.1) is 0 Å². The maximum absolute atomic E-state index is 14.7. The Balaban J connectivity index is 0.990. The summed E-state index contributed by atoms with van der Waals surface area (Å²) in [7, 11) is 0. The van der Waals surface area contributed by atoms with Gasteiger partial charge < -0.3 is 83.2 Å². The van der Waals surface area contributed by atoms with E-state index in [4.69, 9.17) is 31.4 Å². The fourth-order valence-electron chi connectivity index (χ4n) is 12.3. The highest BCUT2D eigenvalue weighted by Gasteiger charge is 2.44. The van der Waals surface area contributed by atoms with E-state index in [0.717, 1.165) is 32.7 Å². The molecule has 0 aliphatic rings. The molecule has 0 unspecified atom stereocenters. The topological polar surface area (TPSA) is 382 Å². The predicted octanol–water partition coefficient (Wildman–Crippen LogP) is 13.0. The van der Waals surface area contributed by atoms with Crippen molar-refractivity contribution in [3.05, 3.63) is 181 Å². The summed E-state index contributed by atoms with van der Waals surface area (Å²) in [6.45, 7) is 16.4. The van der Waals surface area contributed by atoms with Gasteiger partial charge in [-0.25, -0.2) is 14.4 Å². The SMILES string of the molecule is CC(C)(C)OC(=O)NCCCC[C@](N)(C(=O)Cc1c[nH]c2ccccc12)C(=O)Nc1ccc(N(c2ccc(NC(=O)[C@](N)(CCCCNC(=O)OC(C)(C)C)C(=O)Cc3c[nH]c4ccccc34)cc2)c2ccc(NC(=O)[C@](N)(CCCCNC(=O)OC(C)(C)C)C(=O)Cc3c[nH]c4ccccc34)cc2)cc1. The number of fused-ring (bicyclic) bond motifs is 3. The lowest BCUT2D eigenvalue weighted by molar-refractivity contribution is -0.134. The first kappa shape index (κ1) is 79.0. The van der Waals surface area contributed by atoms with Crippen molar-refractivity contribution in [2.45, 2.75) is 173 Å². The number of H-pyrrole nitrogens is 3. The molecule has 0 radical (unpaired) electrons. The molecule has 15 N–H and O–H groups in total. The van der Waals surface area contributed by atoms with Crippen LogP contribution in [-0.2, 0) is 62.2 Å². The third kappa shape index (κ3) is 21.1. The maximum Gasteiger partial charge on any atom is 0.407 e. The molecule has 0 spiro atoms. The normalized spacial score (nSPS) is 13.5. The van der Waals surface area contributed by atoms with Crippen LogP contribution in [0.2, 0.25) is 0 Å². The Bertz CT molecular complexity index is 4140. The smallest absolute Gasteiger partial charge is 0.407 e. The zero-order valence-electron chi connectivity index (χ0n) is 61.8. The van der Waals surface area contributed by atoms with Crippen LogP contribution in [0.15, 0.2) is 164 Å². The second-order valence-electron chi connectivity index (χ2n) is 29.8. The van der Waals surface area contributed by atoms with Crippen molar-refractivity contribution in [2.75, 3.05) is 40.5 Å².